The predicted octanol–water partition coefficient (Wildman–Crippen LogP) is 1.06. The fraction of sp³-hybridized carbons (Fsp3) is 0.917. The molecular weight excluding hydrogens is 242 g/mol. The van der Waals surface area contributed by atoms with E-state index in [2.05, 4.69) is 15.4 Å². The first-order valence-corrected chi connectivity index (χ1v) is 6.55. The van der Waals surface area contributed by atoms with Gasteiger partial charge >= 0.3 is 0 Å². The molecule has 0 aromatic heterocycles. The molecule has 0 radical (unpaired) electrons. The zero-order valence-corrected chi connectivity index (χ0v) is 10.3. The topological polar surface area (TPSA) is 50.4 Å². The maximum Gasteiger partial charge on any atom is 0.261 e. The highest BCUT2D eigenvalue weighted by Crippen LogP contribution is 2.26. The van der Waals surface area contributed by atoms with Gasteiger partial charge in [0, 0.05) is 24.5 Å². The average Bonchev–Trinajstić information content (AvgIpc) is 2.64. The van der Waals surface area contributed by atoms with Crippen molar-refractivity contribution >= 4 is 5.91 Å². The van der Waals surface area contributed by atoms with Crippen molar-refractivity contribution in [1.82, 2.24) is 10.6 Å². The summed E-state index contributed by atoms with van der Waals surface area (Å²) in [6.07, 6.45) is 2.02. The standard InChI is InChI=1S/C12H20F2N2O2/c13-11(14)7-18-4-3-12(17)16-10-5-8-1-2-9(6-10)15-8/h8-11,15H,1-7H2,(H,16,17). The van der Waals surface area contributed by atoms with Crippen LogP contribution in [-0.2, 0) is 9.53 Å². The molecule has 2 unspecified atom stereocenters. The van der Waals surface area contributed by atoms with Crippen LogP contribution in [0, 0.1) is 0 Å². The van der Waals surface area contributed by atoms with Crippen molar-refractivity contribution in [1.29, 1.82) is 0 Å². The number of nitrogens with one attached hydrogen (secondary N) is 2. The Hall–Kier alpha value is -0.750. The summed E-state index contributed by atoms with van der Waals surface area (Å²) in [5.74, 6) is -0.101. The van der Waals surface area contributed by atoms with Crippen LogP contribution >= 0.6 is 0 Å². The number of hydrogen-bond donors (Lipinski definition) is 2. The number of fused-ring (bicyclic) bond motifs is 2. The van der Waals surface area contributed by atoms with E-state index in [0.29, 0.717) is 12.1 Å². The minimum absolute atomic E-state index is 0.0635. The zero-order valence-electron chi connectivity index (χ0n) is 10.3. The maximum absolute atomic E-state index is 11.8. The van der Waals surface area contributed by atoms with E-state index in [1.54, 1.807) is 0 Å². The molecule has 18 heavy (non-hydrogen) atoms. The third-order valence-corrected chi connectivity index (χ3v) is 3.56. The van der Waals surface area contributed by atoms with Gasteiger partial charge in [-0.3, -0.25) is 4.79 Å². The second-order valence-corrected chi connectivity index (χ2v) is 5.09. The first kappa shape index (κ1) is 13.7. The fourth-order valence-corrected chi connectivity index (χ4v) is 2.81. The van der Waals surface area contributed by atoms with Crippen molar-refractivity contribution in [3.63, 3.8) is 0 Å². The summed E-state index contributed by atoms with van der Waals surface area (Å²) in [5.41, 5.74) is 0. The molecule has 2 saturated heterocycles. The monoisotopic (exact) mass is 262 g/mol. The molecule has 104 valence electrons. The van der Waals surface area contributed by atoms with Gasteiger partial charge in [-0.05, 0) is 25.7 Å². The van der Waals surface area contributed by atoms with Crippen LogP contribution < -0.4 is 10.6 Å². The summed E-state index contributed by atoms with van der Waals surface area (Å²) in [4.78, 5) is 11.6. The lowest BCUT2D eigenvalue weighted by Crippen LogP contribution is -2.48. The summed E-state index contributed by atoms with van der Waals surface area (Å²) in [6.45, 7) is -0.529. The molecule has 2 aliphatic rings. The van der Waals surface area contributed by atoms with Crippen molar-refractivity contribution in [3.05, 3.63) is 0 Å². The Bertz CT molecular complexity index is 277. The quantitative estimate of drug-likeness (QED) is 0.704. The van der Waals surface area contributed by atoms with Gasteiger partial charge in [0.15, 0.2) is 0 Å². The van der Waals surface area contributed by atoms with Gasteiger partial charge in [-0.2, -0.15) is 0 Å². The highest BCUT2D eigenvalue weighted by molar-refractivity contribution is 5.76. The summed E-state index contributed by atoms with van der Waals surface area (Å²) < 4.78 is 28.3. The molecule has 2 fully saturated rings. The highest BCUT2D eigenvalue weighted by atomic mass is 19.3. The molecule has 2 aliphatic heterocycles. The molecular formula is C12H20F2N2O2. The number of ether oxygens (including phenoxy) is 1. The average molecular weight is 262 g/mol. The molecule has 6 heteroatoms. The van der Waals surface area contributed by atoms with Crippen LogP contribution in [0.3, 0.4) is 0 Å². The Labute approximate surface area is 105 Å². The molecule has 4 nitrogen and oxygen atoms in total. The molecule has 0 aromatic carbocycles. The second kappa shape index (κ2) is 6.43. The smallest absolute Gasteiger partial charge is 0.261 e. The van der Waals surface area contributed by atoms with Crippen molar-refractivity contribution < 1.29 is 18.3 Å². The molecule has 0 spiro atoms. The molecule has 2 N–H and O–H groups in total. The van der Waals surface area contributed by atoms with Crippen molar-refractivity contribution in [2.24, 2.45) is 0 Å². The zero-order chi connectivity index (χ0) is 13.0. The Morgan fingerprint density at radius 1 is 1.33 bits per heavy atom. The number of carbonyl (C=O) groups is 1. The lowest BCUT2D eigenvalue weighted by atomic mass is 10.00. The summed E-state index contributed by atoms with van der Waals surface area (Å²) >= 11 is 0. The predicted molar refractivity (Wildman–Crippen MR) is 62.6 cm³/mol. The molecule has 0 saturated carbocycles. The SMILES string of the molecule is O=C(CCOCC(F)F)NC1CC2CCC(C1)N2. The third kappa shape index (κ3) is 4.17. The van der Waals surface area contributed by atoms with Gasteiger partial charge in [0.25, 0.3) is 6.43 Å². The minimum Gasteiger partial charge on any atom is -0.375 e. The van der Waals surface area contributed by atoms with Gasteiger partial charge in [-0.25, -0.2) is 8.78 Å². The van der Waals surface area contributed by atoms with E-state index < -0.39 is 13.0 Å². The molecule has 2 bridgehead atoms. The Balaban J connectivity index is 1.59. The van der Waals surface area contributed by atoms with Crippen LogP contribution in [0.2, 0.25) is 0 Å². The number of carbonyl (C=O) groups excluding carboxylic acids is 1. The van der Waals surface area contributed by atoms with Crippen LogP contribution in [0.5, 0.6) is 0 Å². The lowest BCUT2D eigenvalue weighted by Gasteiger charge is -2.29. The van der Waals surface area contributed by atoms with Gasteiger partial charge in [0.1, 0.15) is 6.61 Å². The van der Waals surface area contributed by atoms with Crippen molar-refractivity contribution in [2.75, 3.05) is 13.2 Å². The van der Waals surface area contributed by atoms with E-state index in [1.165, 1.54) is 12.8 Å². The third-order valence-electron chi connectivity index (χ3n) is 3.56. The minimum atomic E-state index is -2.46. The highest BCUT2D eigenvalue weighted by Gasteiger charge is 2.33. The lowest BCUT2D eigenvalue weighted by molar-refractivity contribution is -0.123. The van der Waals surface area contributed by atoms with Gasteiger partial charge in [-0.1, -0.05) is 0 Å². The number of halogens is 2. The Morgan fingerprint density at radius 2 is 2.00 bits per heavy atom. The van der Waals surface area contributed by atoms with Crippen LogP contribution in [0.1, 0.15) is 32.1 Å². The van der Waals surface area contributed by atoms with Crippen molar-refractivity contribution in [3.8, 4) is 0 Å². The second-order valence-electron chi connectivity index (χ2n) is 5.09. The fourth-order valence-electron chi connectivity index (χ4n) is 2.81. The Kier molecular flexibility index (Phi) is 4.88. The van der Waals surface area contributed by atoms with Gasteiger partial charge in [-0.15, -0.1) is 0 Å². The van der Waals surface area contributed by atoms with Crippen molar-refractivity contribution in [2.45, 2.75) is 56.7 Å². The molecule has 2 heterocycles. The van der Waals surface area contributed by atoms with E-state index in [-0.39, 0.29) is 25.0 Å². The molecule has 0 aromatic rings. The Morgan fingerprint density at radius 3 is 2.61 bits per heavy atom. The maximum atomic E-state index is 11.8. The van der Waals surface area contributed by atoms with Gasteiger partial charge < -0.3 is 15.4 Å². The number of amides is 1. The van der Waals surface area contributed by atoms with E-state index in [1.807, 2.05) is 0 Å². The number of rotatable bonds is 6. The van der Waals surface area contributed by atoms with Gasteiger partial charge in [0.05, 0.1) is 6.61 Å². The normalized spacial score (nSPS) is 30.7. The van der Waals surface area contributed by atoms with Crippen LogP contribution in [0.4, 0.5) is 8.78 Å². The van der Waals surface area contributed by atoms with E-state index in [4.69, 9.17) is 0 Å². The van der Waals surface area contributed by atoms with E-state index in [0.717, 1.165) is 12.8 Å². The first-order chi connectivity index (χ1) is 8.63. The van der Waals surface area contributed by atoms with Crippen LogP contribution in [-0.4, -0.2) is 43.7 Å². The van der Waals surface area contributed by atoms with E-state index in [9.17, 15) is 13.6 Å². The summed E-state index contributed by atoms with van der Waals surface area (Å²) in [6, 6.07) is 1.29. The largest absolute Gasteiger partial charge is 0.375 e. The number of alkyl halides is 2. The summed E-state index contributed by atoms with van der Waals surface area (Å²) in [5, 5.41) is 6.46. The van der Waals surface area contributed by atoms with Crippen LogP contribution in [0.25, 0.3) is 0 Å². The number of piperidine rings is 1. The molecule has 0 aliphatic carbocycles. The molecule has 2 atom stereocenters. The van der Waals surface area contributed by atoms with Gasteiger partial charge in [0.2, 0.25) is 5.91 Å². The first-order valence-electron chi connectivity index (χ1n) is 6.55. The summed E-state index contributed by atoms with van der Waals surface area (Å²) in [7, 11) is 0. The molecule has 1 amide bonds. The van der Waals surface area contributed by atoms with Crippen LogP contribution in [0.15, 0.2) is 0 Å². The molecule has 2 rings (SSSR count). The number of hydrogen-bond acceptors (Lipinski definition) is 3. The van der Waals surface area contributed by atoms with E-state index >= 15 is 0 Å².